The van der Waals surface area contributed by atoms with E-state index in [4.69, 9.17) is 9.47 Å². The van der Waals surface area contributed by atoms with Crippen molar-refractivity contribution in [1.82, 2.24) is 4.72 Å². The molecular weight excluding hydrogens is 446 g/mol. The molecule has 4 rings (SSSR count). The van der Waals surface area contributed by atoms with E-state index in [2.05, 4.69) is 10.0 Å². The number of hydrogen-bond donors (Lipinski definition) is 2. The van der Waals surface area contributed by atoms with Crippen molar-refractivity contribution in [2.45, 2.75) is 36.7 Å². The van der Waals surface area contributed by atoms with Crippen molar-refractivity contribution < 1.29 is 27.5 Å². The number of rotatable bonds is 8. The quantitative estimate of drug-likeness (QED) is 0.609. The third-order valence-electron chi connectivity index (χ3n) is 5.73. The van der Waals surface area contributed by atoms with E-state index in [1.165, 1.54) is 25.3 Å². The number of benzene rings is 2. The van der Waals surface area contributed by atoms with Gasteiger partial charge in [0.15, 0.2) is 0 Å². The number of anilines is 2. The van der Waals surface area contributed by atoms with Gasteiger partial charge in [-0.2, -0.15) is 0 Å². The molecule has 2 aliphatic heterocycles. The molecule has 10 heteroatoms. The van der Waals surface area contributed by atoms with Gasteiger partial charge in [-0.15, -0.1) is 0 Å². The summed E-state index contributed by atoms with van der Waals surface area (Å²) in [6, 6.07) is 10.9. The van der Waals surface area contributed by atoms with Crippen molar-refractivity contribution in [3.63, 3.8) is 0 Å². The van der Waals surface area contributed by atoms with E-state index < -0.39 is 15.9 Å². The number of methoxy groups -OCH3 is 1. The molecule has 2 heterocycles. The Morgan fingerprint density at radius 2 is 2.06 bits per heavy atom. The second kappa shape index (κ2) is 9.90. The van der Waals surface area contributed by atoms with Crippen LogP contribution < -0.4 is 19.7 Å². The zero-order valence-electron chi connectivity index (χ0n) is 18.4. The van der Waals surface area contributed by atoms with Crippen LogP contribution >= 0.6 is 0 Å². The number of amides is 2. The first kappa shape index (κ1) is 23.2. The maximum absolute atomic E-state index is 12.8. The topological polar surface area (TPSA) is 114 Å². The van der Waals surface area contributed by atoms with Gasteiger partial charge in [0.25, 0.3) is 5.91 Å². The normalized spacial score (nSPS) is 18.5. The highest BCUT2D eigenvalue weighted by Gasteiger charge is 2.25. The Labute approximate surface area is 193 Å². The lowest BCUT2D eigenvalue weighted by Gasteiger charge is -2.19. The standard InChI is InChI=1S/C23H27N3O6S/c1-31-21-14-17(9-10-20(21)26-11-3-8-22(26)27)25-23(28)16-5-2-7-19(13-16)33(29,30)24-15-18-6-4-12-32-18/h2,5,7,9-10,13-14,18,24H,3-4,6,8,11-12,15H2,1H3,(H,25,28). The summed E-state index contributed by atoms with van der Waals surface area (Å²) in [5, 5.41) is 2.76. The van der Waals surface area contributed by atoms with Gasteiger partial charge in [0.05, 0.1) is 23.8 Å². The molecule has 0 spiro atoms. The molecule has 2 aromatic rings. The largest absolute Gasteiger partial charge is 0.494 e. The van der Waals surface area contributed by atoms with Gasteiger partial charge >= 0.3 is 0 Å². The monoisotopic (exact) mass is 473 g/mol. The summed E-state index contributed by atoms with van der Waals surface area (Å²) in [4.78, 5) is 26.5. The van der Waals surface area contributed by atoms with Crippen LogP contribution in [0.15, 0.2) is 47.4 Å². The molecule has 1 atom stereocenters. The van der Waals surface area contributed by atoms with E-state index in [1.54, 1.807) is 29.2 Å². The fourth-order valence-electron chi connectivity index (χ4n) is 3.98. The zero-order valence-corrected chi connectivity index (χ0v) is 19.2. The van der Waals surface area contributed by atoms with Gasteiger partial charge in [-0.25, -0.2) is 13.1 Å². The highest BCUT2D eigenvalue weighted by molar-refractivity contribution is 7.89. The van der Waals surface area contributed by atoms with E-state index in [0.717, 1.165) is 19.3 Å². The third-order valence-corrected chi connectivity index (χ3v) is 7.15. The fraction of sp³-hybridized carbons (Fsp3) is 0.391. The Kier molecular flexibility index (Phi) is 6.96. The van der Waals surface area contributed by atoms with Crippen molar-refractivity contribution in [2.24, 2.45) is 0 Å². The first-order valence-electron chi connectivity index (χ1n) is 10.9. The summed E-state index contributed by atoms with van der Waals surface area (Å²) in [5.41, 5.74) is 1.33. The van der Waals surface area contributed by atoms with E-state index in [0.29, 0.717) is 36.7 Å². The SMILES string of the molecule is COc1cc(NC(=O)c2cccc(S(=O)(=O)NCC3CCCO3)c2)ccc1N1CCCC1=O. The molecule has 0 radical (unpaired) electrons. The van der Waals surface area contributed by atoms with Crippen molar-refractivity contribution in [3.8, 4) is 5.75 Å². The second-order valence-corrected chi connectivity index (χ2v) is 9.77. The predicted molar refractivity (Wildman–Crippen MR) is 123 cm³/mol. The van der Waals surface area contributed by atoms with Gasteiger partial charge in [-0.05, 0) is 49.6 Å². The summed E-state index contributed by atoms with van der Waals surface area (Å²) in [5.74, 6) is 0.0483. The Morgan fingerprint density at radius 1 is 1.21 bits per heavy atom. The van der Waals surface area contributed by atoms with E-state index in [9.17, 15) is 18.0 Å². The van der Waals surface area contributed by atoms with Crippen LogP contribution in [0, 0.1) is 0 Å². The van der Waals surface area contributed by atoms with Crippen LogP contribution in [-0.4, -0.2) is 53.1 Å². The maximum Gasteiger partial charge on any atom is 0.255 e. The van der Waals surface area contributed by atoms with Crippen LogP contribution in [0.25, 0.3) is 0 Å². The van der Waals surface area contributed by atoms with Gasteiger partial charge in [0.2, 0.25) is 15.9 Å². The summed E-state index contributed by atoms with van der Waals surface area (Å²) in [6.07, 6.45) is 2.91. The molecule has 0 bridgehead atoms. The number of sulfonamides is 1. The van der Waals surface area contributed by atoms with Crippen molar-refractivity contribution in [1.29, 1.82) is 0 Å². The first-order chi connectivity index (χ1) is 15.9. The van der Waals surface area contributed by atoms with Gasteiger partial charge in [0.1, 0.15) is 5.75 Å². The Bertz CT molecular complexity index is 1140. The number of nitrogens with one attached hydrogen (secondary N) is 2. The van der Waals surface area contributed by atoms with Gasteiger partial charge < -0.3 is 19.7 Å². The van der Waals surface area contributed by atoms with Crippen LogP contribution in [-0.2, 0) is 19.6 Å². The molecule has 2 aliphatic rings. The van der Waals surface area contributed by atoms with Gasteiger partial charge in [-0.1, -0.05) is 6.07 Å². The molecule has 1 unspecified atom stereocenters. The number of carbonyl (C=O) groups excluding carboxylic acids is 2. The minimum absolute atomic E-state index is 0.00798. The van der Waals surface area contributed by atoms with Crippen LogP contribution in [0.3, 0.4) is 0 Å². The average Bonchev–Trinajstić information content (AvgIpc) is 3.49. The number of carbonyl (C=O) groups is 2. The molecule has 2 saturated heterocycles. The van der Waals surface area contributed by atoms with Crippen molar-refractivity contribution in [2.75, 3.05) is 37.0 Å². The average molecular weight is 474 g/mol. The molecule has 33 heavy (non-hydrogen) atoms. The lowest BCUT2D eigenvalue weighted by molar-refractivity contribution is -0.117. The molecule has 0 saturated carbocycles. The van der Waals surface area contributed by atoms with Crippen LogP contribution in [0.5, 0.6) is 5.75 Å². The Hall–Kier alpha value is -2.95. The zero-order chi connectivity index (χ0) is 23.4. The summed E-state index contributed by atoms with van der Waals surface area (Å²) in [6.45, 7) is 1.47. The Balaban J connectivity index is 1.47. The first-order valence-corrected chi connectivity index (χ1v) is 12.4. The van der Waals surface area contributed by atoms with Crippen molar-refractivity contribution in [3.05, 3.63) is 48.0 Å². The number of hydrogen-bond acceptors (Lipinski definition) is 6. The predicted octanol–water partition coefficient (Wildman–Crippen LogP) is 2.53. The van der Waals surface area contributed by atoms with Gasteiger partial charge in [0, 0.05) is 43.4 Å². The third kappa shape index (κ3) is 5.35. The smallest absolute Gasteiger partial charge is 0.255 e. The molecule has 0 aromatic heterocycles. The molecule has 2 fully saturated rings. The molecule has 9 nitrogen and oxygen atoms in total. The van der Waals surface area contributed by atoms with Crippen LogP contribution in [0.1, 0.15) is 36.0 Å². The van der Waals surface area contributed by atoms with Gasteiger partial charge in [-0.3, -0.25) is 9.59 Å². The van der Waals surface area contributed by atoms with Crippen LogP contribution in [0.2, 0.25) is 0 Å². The summed E-state index contributed by atoms with van der Waals surface area (Å²) < 4.78 is 38.7. The summed E-state index contributed by atoms with van der Waals surface area (Å²) >= 11 is 0. The summed E-state index contributed by atoms with van der Waals surface area (Å²) in [7, 11) is -2.27. The minimum atomic E-state index is -3.78. The molecule has 176 valence electrons. The van der Waals surface area contributed by atoms with Crippen molar-refractivity contribution >= 4 is 33.2 Å². The maximum atomic E-state index is 12.8. The van der Waals surface area contributed by atoms with E-state index in [1.807, 2.05) is 0 Å². The molecule has 2 amide bonds. The second-order valence-electron chi connectivity index (χ2n) is 8.00. The fourth-order valence-corrected chi connectivity index (χ4v) is 5.09. The molecular formula is C23H27N3O6S. The lowest BCUT2D eigenvalue weighted by Crippen LogP contribution is -2.32. The van der Waals surface area contributed by atoms with E-state index >= 15 is 0 Å². The number of nitrogens with zero attached hydrogens (tertiary/aromatic N) is 1. The molecule has 2 N–H and O–H groups in total. The highest BCUT2D eigenvalue weighted by Crippen LogP contribution is 2.34. The van der Waals surface area contributed by atoms with E-state index in [-0.39, 0.29) is 29.0 Å². The van der Waals surface area contributed by atoms with Crippen LogP contribution in [0.4, 0.5) is 11.4 Å². The number of ether oxygens (including phenoxy) is 2. The highest BCUT2D eigenvalue weighted by atomic mass is 32.2. The lowest BCUT2D eigenvalue weighted by atomic mass is 10.2. The molecule has 0 aliphatic carbocycles. The minimum Gasteiger partial charge on any atom is -0.494 e. The molecule has 2 aromatic carbocycles. The Morgan fingerprint density at radius 3 is 2.76 bits per heavy atom.